The molecule has 1 aliphatic rings. The van der Waals surface area contributed by atoms with Gasteiger partial charge in [-0.15, -0.1) is 0 Å². The van der Waals surface area contributed by atoms with E-state index < -0.39 is 12.8 Å². The number of halogens is 3. The summed E-state index contributed by atoms with van der Waals surface area (Å²) >= 11 is 0. The summed E-state index contributed by atoms with van der Waals surface area (Å²) in [4.78, 5) is 6.54. The lowest BCUT2D eigenvalue weighted by molar-refractivity contribution is -0.153. The fourth-order valence-corrected chi connectivity index (χ4v) is 2.69. The zero-order valence-electron chi connectivity index (χ0n) is 12.4. The Bertz CT molecular complexity index is 691. The second-order valence-corrected chi connectivity index (χ2v) is 5.67. The largest absolute Gasteiger partial charge is 0.484 e. The fourth-order valence-electron chi connectivity index (χ4n) is 2.69. The summed E-state index contributed by atoms with van der Waals surface area (Å²) in [5.41, 5.74) is 0.682. The molecular weight excluding hydrogens is 309 g/mol. The molecule has 1 unspecified atom stereocenters. The Morgan fingerprint density at radius 2 is 2.09 bits per heavy atom. The number of benzene rings is 1. The monoisotopic (exact) mass is 326 g/mol. The van der Waals surface area contributed by atoms with Crippen molar-refractivity contribution < 1.29 is 23.0 Å². The molecular formula is C16H17F3N2O2. The maximum atomic E-state index is 12.2. The zero-order valence-corrected chi connectivity index (χ0v) is 12.4. The molecule has 4 nitrogen and oxygen atoms in total. The van der Waals surface area contributed by atoms with Gasteiger partial charge in [0.1, 0.15) is 11.6 Å². The normalized spacial score (nSPS) is 19.1. The standard InChI is InChI=1S/C16H17F3N2O2/c17-16(18,19)10-23-13-4-5-14-11(8-13)3-6-15(20-14)21-7-1-2-12(22)9-21/h3-6,8,12,22H,1-2,7,9-10H2. The molecule has 1 fully saturated rings. The number of fused-ring (bicyclic) bond motifs is 1. The molecule has 0 saturated carbocycles. The van der Waals surface area contributed by atoms with Crippen LogP contribution in [0.2, 0.25) is 0 Å². The van der Waals surface area contributed by atoms with Crippen molar-refractivity contribution in [2.75, 3.05) is 24.6 Å². The summed E-state index contributed by atoms with van der Waals surface area (Å²) in [6, 6.07) is 8.29. The van der Waals surface area contributed by atoms with E-state index in [0.29, 0.717) is 17.4 Å². The number of anilines is 1. The van der Waals surface area contributed by atoms with Crippen LogP contribution in [0.5, 0.6) is 5.75 Å². The third-order valence-electron chi connectivity index (χ3n) is 3.77. The maximum absolute atomic E-state index is 12.2. The minimum atomic E-state index is -4.35. The highest BCUT2D eigenvalue weighted by molar-refractivity contribution is 5.81. The first-order valence-corrected chi connectivity index (χ1v) is 7.44. The van der Waals surface area contributed by atoms with Gasteiger partial charge in [-0.05, 0) is 43.2 Å². The molecule has 0 spiro atoms. The van der Waals surface area contributed by atoms with Crippen LogP contribution in [0.25, 0.3) is 10.9 Å². The Morgan fingerprint density at radius 3 is 2.83 bits per heavy atom. The summed E-state index contributed by atoms with van der Waals surface area (Å²) in [6.07, 6.45) is -3.00. The molecule has 1 atom stereocenters. The second-order valence-electron chi connectivity index (χ2n) is 5.67. The molecule has 2 heterocycles. The number of piperidine rings is 1. The number of rotatable bonds is 3. The van der Waals surface area contributed by atoms with Crippen molar-refractivity contribution in [2.24, 2.45) is 0 Å². The molecule has 0 amide bonds. The molecule has 1 aliphatic heterocycles. The Balaban J connectivity index is 1.78. The fraction of sp³-hybridized carbons (Fsp3) is 0.438. The van der Waals surface area contributed by atoms with E-state index >= 15 is 0 Å². The molecule has 1 N–H and O–H groups in total. The third kappa shape index (κ3) is 4.04. The van der Waals surface area contributed by atoms with Crippen molar-refractivity contribution in [2.45, 2.75) is 25.1 Å². The number of alkyl halides is 3. The van der Waals surface area contributed by atoms with Crippen LogP contribution >= 0.6 is 0 Å². The van der Waals surface area contributed by atoms with Crippen LogP contribution in [0.1, 0.15) is 12.8 Å². The third-order valence-corrected chi connectivity index (χ3v) is 3.77. The van der Waals surface area contributed by atoms with Gasteiger partial charge in [0.15, 0.2) is 6.61 Å². The molecule has 124 valence electrons. The van der Waals surface area contributed by atoms with Gasteiger partial charge >= 0.3 is 6.18 Å². The average molecular weight is 326 g/mol. The van der Waals surface area contributed by atoms with Crippen molar-refractivity contribution in [1.29, 1.82) is 0 Å². The number of nitrogens with zero attached hydrogens (tertiary/aromatic N) is 2. The Labute approximate surface area is 131 Å². The van der Waals surface area contributed by atoms with Gasteiger partial charge in [0.25, 0.3) is 0 Å². The van der Waals surface area contributed by atoms with Gasteiger partial charge in [-0.1, -0.05) is 0 Å². The minimum Gasteiger partial charge on any atom is -0.484 e. The summed E-state index contributed by atoms with van der Waals surface area (Å²) < 4.78 is 41.3. The molecule has 2 aromatic rings. The number of hydrogen-bond acceptors (Lipinski definition) is 4. The SMILES string of the molecule is OC1CCCN(c2ccc3cc(OCC(F)(F)F)ccc3n2)C1. The Kier molecular flexibility index (Phi) is 4.30. The smallest absolute Gasteiger partial charge is 0.422 e. The molecule has 1 saturated heterocycles. The Morgan fingerprint density at radius 1 is 1.26 bits per heavy atom. The van der Waals surface area contributed by atoms with E-state index in [1.165, 1.54) is 6.07 Å². The number of ether oxygens (including phenoxy) is 1. The van der Waals surface area contributed by atoms with Crippen LogP contribution in [0, 0.1) is 0 Å². The van der Waals surface area contributed by atoms with E-state index in [9.17, 15) is 18.3 Å². The number of pyridine rings is 1. The van der Waals surface area contributed by atoms with Crippen molar-refractivity contribution in [1.82, 2.24) is 4.98 Å². The van der Waals surface area contributed by atoms with Crippen molar-refractivity contribution in [3.63, 3.8) is 0 Å². The van der Waals surface area contributed by atoms with Gasteiger partial charge in [-0.25, -0.2) is 4.98 Å². The first-order valence-electron chi connectivity index (χ1n) is 7.44. The molecule has 0 bridgehead atoms. The topological polar surface area (TPSA) is 45.6 Å². The summed E-state index contributed by atoms with van der Waals surface area (Å²) in [5.74, 6) is 0.929. The van der Waals surface area contributed by atoms with Crippen LogP contribution in [-0.2, 0) is 0 Å². The summed E-state index contributed by atoms with van der Waals surface area (Å²) in [5, 5.41) is 10.5. The van der Waals surface area contributed by atoms with E-state index in [2.05, 4.69) is 4.98 Å². The number of aliphatic hydroxyl groups excluding tert-OH is 1. The van der Waals surface area contributed by atoms with E-state index in [-0.39, 0.29) is 11.9 Å². The van der Waals surface area contributed by atoms with E-state index in [1.807, 2.05) is 11.0 Å². The molecule has 3 rings (SSSR count). The molecule has 1 aromatic heterocycles. The predicted molar refractivity (Wildman–Crippen MR) is 80.7 cm³/mol. The molecule has 7 heteroatoms. The first kappa shape index (κ1) is 15.9. The Hall–Kier alpha value is -2.02. The van der Waals surface area contributed by atoms with Crippen molar-refractivity contribution in [3.8, 4) is 5.75 Å². The lowest BCUT2D eigenvalue weighted by atomic mass is 10.1. The minimum absolute atomic E-state index is 0.165. The molecule has 1 aromatic carbocycles. The average Bonchev–Trinajstić information content (AvgIpc) is 2.51. The predicted octanol–water partition coefficient (Wildman–Crippen LogP) is 3.14. The van der Waals surface area contributed by atoms with Crippen LogP contribution in [0.4, 0.5) is 19.0 Å². The highest BCUT2D eigenvalue weighted by Gasteiger charge is 2.28. The van der Waals surface area contributed by atoms with Crippen LogP contribution in [0.15, 0.2) is 30.3 Å². The summed E-state index contributed by atoms with van der Waals surface area (Å²) in [6.45, 7) is 0.0727. The van der Waals surface area contributed by atoms with Crippen molar-refractivity contribution in [3.05, 3.63) is 30.3 Å². The lowest BCUT2D eigenvalue weighted by Gasteiger charge is -2.31. The van der Waals surface area contributed by atoms with E-state index in [0.717, 1.165) is 25.2 Å². The van der Waals surface area contributed by atoms with Gasteiger partial charge in [0.05, 0.1) is 11.6 Å². The molecule has 23 heavy (non-hydrogen) atoms. The van der Waals surface area contributed by atoms with E-state index in [1.54, 1.807) is 18.2 Å². The van der Waals surface area contributed by atoms with Gasteiger partial charge in [-0.2, -0.15) is 13.2 Å². The van der Waals surface area contributed by atoms with Crippen LogP contribution in [0.3, 0.4) is 0 Å². The quantitative estimate of drug-likeness (QED) is 0.941. The number of hydrogen-bond donors (Lipinski definition) is 1. The zero-order chi connectivity index (χ0) is 16.4. The highest BCUT2D eigenvalue weighted by Crippen LogP contribution is 2.25. The van der Waals surface area contributed by atoms with Crippen LogP contribution < -0.4 is 9.64 Å². The second kappa shape index (κ2) is 6.23. The lowest BCUT2D eigenvalue weighted by Crippen LogP contribution is -2.38. The first-order chi connectivity index (χ1) is 10.9. The molecule has 0 aliphatic carbocycles. The number of β-amino-alcohol motifs (C(OH)–C–C–N with tert-alkyl or cyclic N) is 1. The molecule has 0 radical (unpaired) electrons. The summed E-state index contributed by atoms with van der Waals surface area (Å²) in [7, 11) is 0. The highest BCUT2D eigenvalue weighted by atomic mass is 19.4. The van der Waals surface area contributed by atoms with Gasteiger partial charge in [0.2, 0.25) is 0 Å². The van der Waals surface area contributed by atoms with Crippen LogP contribution in [-0.4, -0.2) is 42.1 Å². The van der Waals surface area contributed by atoms with Gasteiger partial charge in [-0.3, -0.25) is 0 Å². The van der Waals surface area contributed by atoms with Gasteiger partial charge < -0.3 is 14.7 Å². The maximum Gasteiger partial charge on any atom is 0.422 e. The van der Waals surface area contributed by atoms with E-state index in [4.69, 9.17) is 4.74 Å². The number of aliphatic hydroxyl groups is 1. The van der Waals surface area contributed by atoms with Crippen molar-refractivity contribution >= 4 is 16.7 Å². The van der Waals surface area contributed by atoms with Gasteiger partial charge in [0, 0.05) is 18.5 Å². The number of aromatic nitrogens is 1.